The molecule has 0 unspecified atom stereocenters. The van der Waals surface area contributed by atoms with Crippen LogP contribution in [0.25, 0.3) is 0 Å². The molecule has 1 aliphatic heterocycles. The predicted octanol–water partition coefficient (Wildman–Crippen LogP) is 3.06. The summed E-state index contributed by atoms with van der Waals surface area (Å²) in [7, 11) is -3.14. The molecule has 30 heavy (non-hydrogen) atoms. The molecule has 1 amide bonds. The SMILES string of the molecule is Cc1cc(OCC(=O)Nc2ccc(N3CCN(S(C)(=O)=O)CC3)cc2)cc(C)c1Cl. The van der Waals surface area contributed by atoms with Crippen LogP contribution in [-0.4, -0.2) is 57.7 Å². The summed E-state index contributed by atoms with van der Waals surface area (Å²) in [6.07, 6.45) is 1.24. The van der Waals surface area contributed by atoms with Crippen LogP contribution in [0.1, 0.15) is 11.1 Å². The van der Waals surface area contributed by atoms with E-state index in [4.69, 9.17) is 16.3 Å². The summed E-state index contributed by atoms with van der Waals surface area (Å²) in [5.74, 6) is 0.350. The number of benzene rings is 2. The number of piperazine rings is 1. The van der Waals surface area contributed by atoms with Crippen LogP contribution in [0.5, 0.6) is 5.75 Å². The first-order valence-electron chi connectivity index (χ1n) is 9.63. The number of rotatable bonds is 6. The van der Waals surface area contributed by atoms with E-state index >= 15 is 0 Å². The number of aryl methyl sites for hydroxylation is 2. The molecule has 2 aromatic carbocycles. The average molecular weight is 452 g/mol. The standard InChI is InChI=1S/C21H26ClN3O4S/c1-15-12-19(13-16(2)21(15)22)29-14-20(26)23-17-4-6-18(7-5-17)24-8-10-25(11-9-24)30(3,27)28/h4-7,12-13H,8-11,14H2,1-3H3,(H,23,26). The number of halogens is 1. The molecule has 1 aliphatic rings. The lowest BCUT2D eigenvalue weighted by atomic mass is 10.1. The van der Waals surface area contributed by atoms with Crippen molar-refractivity contribution in [2.45, 2.75) is 13.8 Å². The zero-order valence-electron chi connectivity index (χ0n) is 17.3. The van der Waals surface area contributed by atoms with Gasteiger partial charge in [0.2, 0.25) is 10.0 Å². The first-order chi connectivity index (χ1) is 14.1. The van der Waals surface area contributed by atoms with Crippen molar-refractivity contribution < 1.29 is 17.9 Å². The van der Waals surface area contributed by atoms with Crippen LogP contribution in [-0.2, 0) is 14.8 Å². The zero-order chi connectivity index (χ0) is 21.9. The number of sulfonamides is 1. The van der Waals surface area contributed by atoms with Crippen molar-refractivity contribution in [3.05, 3.63) is 52.5 Å². The Labute approximate surface area is 182 Å². The highest BCUT2D eigenvalue weighted by molar-refractivity contribution is 7.88. The van der Waals surface area contributed by atoms with E-state index < -0.39 is 10.0 Å². The van der Waals surface area contributed by atoms with E-state index in [-0.39, 0.29) is 12.5 Å². The maximum atomic E-state index is 12.2. The number of nitrogens with one attached hydrogen (secondary N) is 1. The van der Waals surface area contributed by atoms with Gasteiger partial charge in [0.05, 0.1) is 6.26 Å². The maximum Gasteiger partial charge on any atom is 0.262 e. The molecule has 1 N–H and O–H groups in total. The lowest BCUT2D eigenvalue weighted by molar-refractivity contribution is -0.118. The molecule has 2 aromatic rings. The zero-order valence-corrected chi connectivity index (χ0v) is 18.9. The Morgan fingerprint density at radius 2 is 1.63 bits per heavy atom. The molecule has 162 valence electrons. The minimum Gasteiger partial charge on any atom is -0.484 e. The van der Waals surface area contributed by atoms with E-state index in [9.17, 15) is 13.2 Å². The highest BCUT2D eigenvalue weighted by Crippen LogP contribution is 2.26. The van der Waals surface area contributed by atoms with Gasteiger partial charge in [0.1, 0.15) is 5.75 Å². The van der Waals surface area contributed by atoms with Gasteiger partial charge in [-0.3, -0.25) is 4.79 Å². The Morgan fingerprint density at radius 1 is 1.07 bits per heavy atom. The van der Waals surface area contributed by atoms with Crippen molar-refractivity contribution in [2.75, 3.05) is 49.3 Å². The second-order valence-electron chi connectivity index (χ2n) is 7.40. The highest BCUT2D eigenvalue weighted by Gasteiger charge is 2.23. The second kappa shape index (κ2) is 9.24. The fraction of sp³-hybridized carbons (Fsp3) is 0.381. The summed E-state index contributed by atoms with van der Waals surface area (Å²) in [4.78, 5) is 14.3. The van der Waals surface area contributed by atoms with Gasteiger partial charge < -0.3 is 15.0 Å². The topological polar surface area (TPSA) is 79.0 Å². The highest BCUT2D eigenvalue weighted by atomic mass is 35.5. The lowest BCUT2D eigenvalue weighted by Gasteiger charge is -2.34. The number of carbonyl (C=O) groups is 1. The third kappa shape index (κ3) is 5.65. The Kier molecular flexibility index (Phi) is 6.90. The molecule has 0 atom stereocenters. The Bertz CT molecular complexity index is 994. The molecular weight excluding hydrogens is 426 g/mol. The Balaban J connectivity index is 1.51. The van der Waals surface area contributed by atoms with Crippen LogP contribution in [0, 0.1) is 13.8 Å². The minimum atomic E-state index is -3.14. The molecule has 0 aromatic heterocycles. The van der Waals surface area contributed by atoms with Gasteiger partial charge >= 0.3 is 0 Å². The molecule has 0 bridgehead atoms. The maximum absolute atomic E-state index is 12.2. The summed E-state index contributed by atoms with van der Waals surface area (Å²) in [5.41, 5.74) is 3.47. The minimum absolute atomic E-state index is 0.101. The first-order valence-corrected chi connectivity index (χ1v) is 11.9. The third-order valence-electron chi connectivity index (χ3n) is 5.00. The summed E-state index contributed by atoms with van der Waals surface area (Å²) >= 11 is 6.15. The molecule has 0 spiro atoms. The van der Waals surface area contributed by atoms with E-state index in [1.54, 1.807) is 12.1 Å². The van der Waals surface area contributed by atoms with Crippen LogP contribution in [0.15, 0.2) is 36.4 Å². The van der Waals surface area contributed by atoms with E-state index in [1.165, 1.54) is 10.6 Å². The van der Waals surface area contributed by atoms with Gasteiger partial charge in [-0.25, -0.2) is 8.42 Å². The average Bonchev–Trinajstić information content (AvgIpc) is 2.70. The number of hydrogen-bond acceptors (Lipinski definition) is 5. The monoisotopic (exact) mass is 451 g/mol. The van der Waals surface area contributed by atoms with E-state index in [0.29, 0.717) is 42.6 Å². The van der Waals surface area contributed by atoms with Gasteiger partial charge in [0.15, 0.2) is 6.61 Å². The molecule has 7 nitrogen and oxygen atoms in total. The van der Waals surface area contributed by atoms with Crippen molar-refractivity contribution in [3.63, 3.8) is 0 Å². The molecule has 1 fully saturated rings. The molecule has 1 saturated heterocycles. The summed E-state index contributed by atoms with van der Waals surface area (Å²) < 4.78 is 30.3. The molecule has 0 aliphatic carbocycles. The smallest absolute Gasteiger partial charge is 0.262 e. The molecule has 0 saturated carbocycles. The van der Waals surface area contributed by atoms with Gasteiger partial charge in [-0.2, -0.15) is 4.31 Å². The number of anilines is 2. The number of hydrogen-bond donors (Lipinski definition) is 1. The van der Waals surface area contributed by atoms with Crippen molar-refractivity contribution in [1.82, 2.24) is 4.31 Å². The summed E-state index contributed by atoms with van der Waals surface area (Å²) in [6.45, 7) is 5.89. The molecular formula is C21H26ClN3O4S. The van der Waals surface area contributed by atoms with Crippen LogP contribution in [0.4, 0.5) is 11.4 Å². The first kappa shape index (κ1) is 22.4. The number of nitrogens with zero attached hydrogens (tertiary/aromatic N) is 2. The van der Waals surface area contributed by atoms with Crippen LogP contribution >= 0.6 is 11.6 Å². The second-order valence-corrected chi connectivity index (χ2v) is 9.76. The van der Waals surface area contributed by atoms with Crippen LogP contribution < -0.4 is 15.0 Å². The molecule has 1 heterocycles. The van der Waals surface area contributed by atoms with Gasteiger partial charge in [-0.15, -0.1) is 0 Å². The summed E-state index contributed by atoms with van der Waals surface area (Å²) in [5, 5.41) is 3.51. The largest absolute Gasteiger partial charge is 0.484 e. The van der Waals surface area contributed by atoms with Crippen LogP contribution in [0.2, 0.25) is 5.02 Å². The predicted molar refractivity (Wildman–Crippen MR) is 120 cm³/mol. The van der Waals surface area contributed by atoms with Crippen molar-refractivity contribution in [2.24, 2.45) is 0 Å². The quantitative estimate of drug-likeness (QED) is 0.730. The normalized spacial score (nSPS) is 15.1. The van der Waals surface area contributed by atoms with E-state index in [2.05, 4.69) is 10.2 Å². The van der Waals surface area contributed by atoms with Gasteiger partial charge in [0.25, 0.3) is 5.91 Å². The van der Waals surface area contributed by atoms with Gasteiger partial charge in [-0.05, 0) is 61.4 Å². The molecule has 0 radical (unpaired) electrons. The molecule has 9 heteroatoms. The van der Waals surface area contributed by atoms with Crippen LogP contribution in [0.3, 0.4) is 0 Å². The fourth-order valence-electron chi connectivity index (χ4n) is 3.37. The molecule has 3 rings (SSSR count). The van der Waals surface area contributed by atoms with Crippen molar-refractivity contribution >= 4 is 38.9 Å². The van der Waals surface area contributed by atoms with E-state index in [1.807, 2.05) is 38.1 Å². The number of amides is 1. The summed E-state index contributed by atoms with van der Waals surface area (Å²) in [6, 6.07) is 11.1. The van der Waals surface area contributed by atoms with Gasteiger partial charge in [-0.1, -0.05) is 11.6 Å². The number of carbonyl (C=O) groups excluding carboxylic acids is 1. The van der Waals surface area contributed by atoms with Gasteiger partial charge in [0, 0.05) is 42.6 Å². The fourth-order valence-corrected chi connectivity index (χ4v) is 4.30. The lowest BCUT2D eigenvalue weighted by Crippen LogP contribution is -2.48. The number of ether oxygens (including phenoxy) is 1. The van der Waals surface area contributed by atoms with Crippen molar-refractivity contribution in [3.8, 4) is 5.75 Å². The Morgan fingerprint density at radius 3 is 2.17 bits per heavy atom. The van der Waals surface area contributed by atoms with E-state index in [0.717, 1.165) is 16.8 Å². The van der Waals surface area contributed by atoms with Crippen molar-refractivity contribution in [1.29, 1.82) is 0 Å². The Hall–Kier alpha value is -2.29. The third-order valence-corrected chi connectivity index (χ3v) is 6.90.